The molecule has 124 valence electrons. The number of nitrogens with zero attached hydrogens (tertiary/aromatic N) is 1. The molecule has 0 aliphatic heterocycles. The van der Waals surface area contributed by atoms with Gasteiger partial charge in [0.25, 0.3) is 0 Å². The third-order valence-corrected chi connectivity index (χ3v) is 4.59. The number of nitrogens with two attached hydrogens (primary N) is 1. The normalized spacial score (nSPS) is 10.5. The summed E-state index contributed by atoms with van der Waals surface area (Å²) < 4.78 is 15.9. The number of methoxy groups -OCH3 is 3. The summed E-state index contributed by atoms with van der Waals surface area (Å²) in [6, 6.07) is 13.5. The molecule has 24 heavy (non-hydrogen) atoms. The minimum Gasteiger partial charge on any atom is -0.497 e. The first kappa shape index (κ1) is 16.1. The zero-order valence-electron chi connectivity index (χ0n) is 13.7. The smallest absolute Gasteiger partial charge is 0.181 e. The average molecular weight is 342 g/mol. The molecule has 6 heteroatoms. The minimum atomic E-state index is 0.519. The Kier molecular flexibility index (Phi) is 4.57. The van der Waals surface area contributed by atoms with Crippen molar-refractivity contribution in [3.05, 3.63) is 42.5 Å². The molecule has 3 rings (SSSR count). The van der Waals surface area contributed by atoms with Gasteiger partial charge in [0, 0.05) is 5.56 Å². The van der Waals surface area contributed by atoms with Gasteiger partial charge in [0.2, 0.25) is 0 Å². The standard InChI is InChI=1S/C18H18N2O3S/c1-21-13-7-4-11(5-8-13)17-16(20-18(19)24-17)12-6-9-14(22-2)15(10-12)23-3/h4-10H,1-3H3,(H2,19,20). The summed E-state index contributed by atoms with van der Waals surface area (Å²) in [5, 5.41) is 0.519. The van der Waals surface area contributed by atoms with Gasteiger partial charge in [0.1, 0.15) is 5.75 Å². The highest BCUT2D eigenvalue weighted by Gasteiger charge is 2.16. The highest BCUT2D eigenvalue weighted by atomic mass is 32.1. The molecule has 1 heterocycles. The van der Waals surface area contributed by atoms with Crippen molar-refractivity contribution >= 4 is 16.5 Å². The summed E-state index contributed by atoms with van der Waals surface area (Å²) in [6.45, 7) is 0. The van der Waals surface area contributed by atoms with Crippen molar-refractivity contribution in [3.8, 4) is 38.9 Å². The van der Waals surface area contributed by atoms with E-state index in [1.807, 2.05) is 42.5 Å². The van der Waals surface area contributed by atoms with Crippen molar-refractivity contribution in [3.63, 3.8) is 0 Å². The van der Waals surface area contributed by atoms with Gasteiger partial charge in [-0.3, -0.25) is 0 Å². The zero-order chi connectivity index (χ0) is 17.1. The van der Waals surface area contributed by atoms with Crippen molar-refractivity contribution in [1.29, 1.82) is 0 Å². The van der Waals surface area contributed by atoms with Crippen molar-refractivity contribution < 1.29 is 14.2 Å². The van der Waals surface area contributed by atoms with E-state index in [9.17, 15) is 0 Å². The SMILES string of the molecule is COc1ccc(-c2sc(N)nc2-c2ccc(OC)c(OC)c2)cc1. The van der Waals surface area contributed by atoms with E-state index in [1.54, 1.807) is 21.3 Å². The second kappa shape index (κ2) is 6.80. The molecule has 2 N–H and O–H groups in total. The summed E-state index contributed by atoms with van der Waals surface area (Å²) in [5.41, 5.74) is 8.75. The second-order valence-corrected chi connectivity index (χ2v) is 6.06. The molecule has 0 saturated carbocycles. The third kappa shape index (κ3) is 3.00. The lowest BCUT2D eigenvalue weighted by Crippen LogP contribution is -1.92. The molecule has 0 aliphatic carbocycles. The van der Waals surface area contributed by atoms with E-state index in [0.717, 1.165) is 27.4 Å². The molecule has 0 bridgehead atoms. The quantitative estimate of drug-likeness (QED) is 0.756. The van der Waals surface area contributed by atoms with Crippen LogP contribution in [0, 0.1) is 0 Å². The number of aromatic nitrogens is 1. The van der Waals surface area contributed by atoms with Crippen LogP contribution in [0.3, 0.4) is 0 Å². The number of benzene rings is 2. The van der Waals surface area contributed by atoms with Crippen LogP contribution >= 0.6 is 11.3 Å². The number of anilines is 1. The van der Waals surface area contributed by atoms with Crippen LogP contribution in [-0.4, -0.2) is 26.3 Å². The van der Waals surface area contributed by atoms with Gasteiger partial charge in [-0.25, -0.2) is 4.98 Å². The van der Waals surface area contributed by atoms with Crippen LogP contribution in [0.2, 0.25) is 0 Å². The molecule has 0 amide bonds. The van der Waals surface area contributed by atoms with Gasteiger partial charge in [-0.15, -0.1) is 0 Å². The lowest BCUT2D eigenvalue weighted by Gasteiger charge is -2.09. The molecule has 3 aromatic rings. The molecule has 0 saturated heterocycles. The Hall–Kier alpha value is -2.73. The van der Waals surface area contributed by atoms with E-state index in [2.05, 4.69) is 4.98 Å². The number of thiazole rings is 1. The number of hydrogen-bond donors (Lipinski definition) is 1. The maximum atomic E-state index is 5.96. The van der Waals surface area contributed by atoms with Gasteiger partial charge >= 0.3 is 0 Å². The molecule has 5 nitrogen and oxygen atoms in total. The Labute approximate surface area is 144 Å². The summed E-state index contributed by atoms with van der Waals surface area (Å²) in [5.74, 6) is 2.14. The van der Waals surface area contributed by atoms with Gasteiger partial charge < -0.3 is 19.9 Å². The first-order chi connectivity index (χ1) is 11.7. The van der Waals surface area contributed by atoms with Crippen molar-refractivity contribution in [2.75, 3.05) is 27.1 Å². The largest absolute Gasteiger partial charge is 0.497 e. The van der Waals surface area contributed by atoms with Crippen LogP contribution in [0.5, 0.6) is 17.2 Å². The van der Waals surface area contributed by atoms with E-state index in [4.69, 9.17) is 19.9 Å². The number of rotatable bonds is 5. The minimum absolute atomic E-state index is 0.519. The molecular formula is C18H18N2O3S. The van der Waals surface area contributed by atoms with Crippen molar-refractivity contribution in [1.82, 2.24) is 4.98 Å². The van der Waals surface area contributed by atoms with E-state index in [1.165, 1.54) is 11.3 Å². The summed E-state index contributed by atoms with van der Waals surface area (Å²) in [6.07, 6.45) is 0. The van der Waals surface area contributed by atoms with Crippen molar-refractivity contribution in [2.24, 2.45) is 0 Å². The third-order valence-electron chi connectivity index (χ3n) is 3.65. The Balaban J connectivity index is 2.09. The molecule has 2 aromatic carbocycles. The Morgan fingerprint density at radius 2 is 1.50 bits per heavy atom. The predicted molar refractivity (Wildman–Crippen MR) is 97.1 cm³/mol. The summed E-state index contributed by atoms with van der Waals surface area (Å²) in [7, 11) is 4.87. The average Bonchev–Trinajstić information content (AvgIpc) is 3.03. The number of ether oxygens (including phenoxy) is 3. The molecule has 0 radical (unpaired) electrons. The Morgan fingerprint density at radius 3 is 2.12 bits per heavy atom. The van der Waals surface area contributed by atoms with Crippen LogP contribution in [0.25, 0.3) is 21.7 Å². The van der Waals surface area contributed by atoms with Crippen molar-refractivity contribution in [2.45, 2.75) is 0 Å². The molecule has 1 aromatic heterocycles. The number of nitrogen functional groups attached to an aromatic ring is 1. The van der Waals surface area contributed by atoms with Crippen LogP contribution in [0.4, 0.5) is 5.13 Å². The van der Waals surface area contributed by atoms with Crippen LogP contribution in [0.15, 0.2) is 42.5 Å². The van der Waals surface area contributed by atoms with Gasteiger partial charge in [-0.05, 0) is 48.0 Å². The highest BCUT2D eigenvalue weighted by Crippen LogP contribution is 2.40. The Morgan fingerprint density at radius 1 is 0.833 bits per heavy atom. The lowest BCUT2D eigenvalue weighted by molar-refractivity contribution is 0.355. The fourth-order valence-electron chi connectivity index (χ4n) is 2.45. The highest BCUT2D eigenvalue weighted by molar-refractivity contribution is 7.19. The number of hydrogen-bond acceptors (Lipinski definition) is 6. The molecular weight excluding hydrogens is 324 g/mol. The van der Waals surface area contributed by atoms with Gasteiger partial charge in [0.05, 0.1) is 31.9 Å². The summed E-state index contributed by atoms with van der Waals surface area (Å²) in [4.78, 5) is 5.50. The van der Waals surface area contributed by atoms with Gasteiger partial charge in [-0.2, -0.15) is 0 Å². The Bertz CT molecular complexity index is 844. The maximum Gasteiger partial charge on any atom is 0.181 e. The predicted octanol–water partition coefficient (Wildman–Crippen LogP) is 4.09. The second-order valence-electron chi connectivity index (χ2n) is 5.03. The molecule has 0 aliphatic rings. The van der Waals surface area contributed by atoms with Crippen LogP contribution in [0.1, 0.15) is 0 Å². The topological polar surface area (TPSA) is 66.6 Å². The molecule has 0 unspecified atom stereocenters. The molecule has 0 fully saturated rings. The zero-order valence-corrected chi connectivity index (χ0v) is 14.5. The van der Waals surface area contributed by atoms with Crippen LogP contribution < -0.4 is 19.9 Å². The van der Waals surface area contributed by atoms with E-state index < -0.39 is 0 Å². The van der Waals surface area contributed by atoms with Crippen LogP contribution in [-0.2, 0) is 0 Å². The lowest BCUT2D eigenvalue weighted by atomic mass is 10.1. The molecule has 0 atom stereocenters. The first-order valence-electron chi connectivity index (χ1n) is 7.29. The maximum absolute atomic E-state index is 5.96. The van der Waals surface area contributed by atoms with E-state index in [0.29, 0.717) is 16.6 Å². The van der Waals surface area contributed by atoms with E-state index >= 15 is 0 Å². The molecule has 0 spiro atoms. The monoisotopic (exact) mass is 342 g/mol. The van der Waals surface area contributed by atoms with Gasteiger partial charge in [-0.1, -0.05) is 11.3 Å². The summed E-state index contributed by atoms with van der Waals surface area (Å²) >= 11 is 1.45. The van der Waals surface area contributed by atoms with Gasteiger partial charge in [0.15, 0.2) is 16.6 Å². The van der Waals surface area contributed by atoms with E-state index in [-0.39, 0.29) is 0 Å². The first-order valence-corrected chi connectivity index (χ1v) is 8.11. The fourth-order valence-corrected chi connectivity index (χ4v) is 3.31. The fraction of sp³-hybridized carbons (Fsp3) is 0.167.